The summed E-state index contributed by atoms with van der Waals surface area (Å²) in [6.07, 6.45) is -4.17. The zero-order valence-electron chi connectivity index (χ0n) is 9.89. The van der Waals surface area contributed by atoms with Crippen molar-refractivity contribution in [3.05, 3.63) is 24.3 Å². The van der Waals surface area contributed by atoms with Crippen molar-refractivity contribution in [3.8, 4) is 11.5 Å². The molecule has 0 spiro atoms. The van der Waals surface area contributed by atoms with E-state index in [2.05, 4.69) is 0 Å². The fourth-order valence-electron chi connectivity index (χ4n) is 1.75. The van der Waals surface area contributed by atoms with Crippen LogP contribution in [-0.2, 0) is 4.74 Å². The molecule has 1 fully saturated rings. The zero-order chi connectivity index (χ0) is 13.1. The Bertz CT molecular complexity index is 379. The second-order valence-corrected chi connectivity index (χ2v) is 4.00. The van der Waals surface area contributed by atoms with E-state index in [1.165, 1.54) is 0 Å². The van der Waals surface area contributed by atoms with Crippen LogP contribution in [0, 0.1) is 0 Å². The lowest BCUT2D eigenvalue weighted by atomic mass is 10.1. The Morgan fingerprint density at radius 1 is 1.11 bits per heavy atom. The first-order valence-corrected chi connectivity index (χ1v) is 5.59. The number of hydrogen-bond donors (Lipinski definition) is 3. The average molecular weight is 256 g/mol. The van der Waals surface area contributed by atoms with Gasteiger partial charge in [0.15, 0.2) is 0 Å². The van der Waals surface area contributed by atoms with Crippen LogP contribution in [-0.4, -0.2) is 53.6 Å². The third-order valence-electron chi connectivity index (χ3n) is 2.81. The molecule has 100 valence electrons. The summed E-state index contributed by atoms with van der Waals surface area (Å²) in [6.45, 7) is -0.374. The van der Waals surface area contributed by atoms with Gasteiger partial charge < -0.3 is 29.5 Å². The average Bonchev–Trinajstić information content (AvgIpc) is 2.67. The van der Waals surface area contributed by atoms with E-state index < -0.39 is 24.6 Å². The van der Waals surface area contributed by atoms with Gasteiger partial charge in [-0.2, -0.15) is 0 Å². The minimum atomic E-state index is -1.19. The molecule has 0 amide bonds. The monoisotopic (exact) mass is 256 g/mol. The van der Waals surface area contributed by atoms with E-state index in [9.17, 15) is 10.2 Å². The molecule has 1 heterocycles. The molecule has 18 heavy (non-hydrogen) atoms. The van der Waals surface area contributed by atoms with Gasteiger partial charge in [0.2, 0.25) is 6.29 Å². The van der Waals surface area contributed by atoms with Crippen molar-refractivity contribution in [2.75, 3.05) is 13.7 Å². The predicted octanol–water partition coefficient (Wildman–Crippen LogP) is -0.487. The van der Waals surface area contributed by atoms with E-state index in [1.807, 2.05) is 0 Å². The molecule has 0 aromatic heterocycles. The van der Waals surface area contributed by atoms with Crippen molar-refractivity contribution in [1.29, 1.82) is 0 Å². The highest BCUT2D eigenvalue weighted by Gasteiger charge is 2.43. The minimum Gasteiger partial charge on any atom is -0.497 e. The van der Waals surface area contributed by atoms with Gasteiger partial charge in [-0.05, 0) is 24.3 Å². The van der Waals surface area contributed by atoms with Gasteiger partial charge >= 0.3 is 0 Å². The molecule has 1 unspecified atom stereocenters. The molecular weight excluding hydrogens is 240 g/mol. The molecule has 3 N–H and O–H groups in total. The standard InChI is InChI=1S/C12H16O6/c1-16-7-2-4-8(5-3-7)17-12-11(15)10(14)9(6-13)18-12/h2-5,9-15H,6H2,1H3/t9-,10?,11-,12-/m1/s1. The molecule has 0 aliphatic carbocycles. The number of methoxy groups -OCH3 is 1. The quantitative estimate of drug-likeness (QED) is 0.674. The van der Waals surface area contributed by atoms with E-state index in [0.29, 0.717) is 11.5 Å². The van der Waals surface area contributed by atoms with Crippen molar-refractivity contribution in [2.45, 2.75) is 24.6 Å². The van der Waals surface area contributed by atoms with E-state index >= 15 is 0 Å². The summed E-state index contributed by atoms with van der Waals surface area (Å²) in [6, 6.07) is 6.73. The van der Waals surface area contributed by atoms with E-state index in [0.717, 1.165) is 0 Å². The summed E-state index contributed by atoms with van der Waals surface area (Å²) in [5, 5.41) is 28.2. The Kier molecular flexibility index (Phi) is 4.03. The first-order valence-electron chi connectivity index (χ1n) is 5.59. The van der Waals surface area contributed by atoms with Gasteiger partial charge in [0.1, 0.15) is 29.8 Å². The number of aliphatic hydroxyl groups excluding tert-OH is 3. The lowest BCUT2D eigenvalue weighted by Crippen LogP contribution is -2.35. The van der Waals surface area contributed by atoms with Crippen molar-refractivity contribution >= 4 is 0 Å². The fraction of sp³-hybridized carbons (Fsp3) is 0.500. The van der Waals surface area contributed by atoms with Crippen LogP contribution in [0.2, 0.25) is 0 Å². The second kappa shape index (κ2) is 5.53. The zero-order valence-corrected chi connectivity index (χ0v) is 9.89. The van der Waals surface area contributed by atoms with E-state index in [4.69, 9.17) is 19.3 Å². The van der Waals surface area contributed by atoms with Gasteiger partial charge in [-0.15, -0.1) is 0 Å². The molecule has 1 aliphatic heterocycles. The lowest BCUT2D eigenvalue weighted by molar-refractivity contribution is -0.116. The number of rotatable bonds is 4. The molecule has 1 aromatic carbocycles. The van der Waals surface area contributed by atoms with Crippen LogP contribution in [0.3, 0.4) is 0 Å². The topological polar surface area (TPSA) is 88.4 Å². The van der Waals surface area contributed by atoms with Crippen molar-refractivity contribution in [3.63, 3.8) is 0 Å². The summed E-state index contributed by atoms with van der Waals surface area (Å²) in [7, 11) is 1.56. The van der Waals surface area contributed by atoms with Gasteiger partial charge in [0.05, 0.1) is 13.7 Å². The Balaban J connectivity index is 2.00. The molecule has 1 aromatic rings. The summed E-state index contributed by atoms with van der Waals surface area (Å²) in [5.41, 5.74) is 0. The molecule has 6 heteroatoms. The Morgan fingerprint density at radius 3 is 2.22 bits per heavy atom. The van der Waals surface area contributed by atoms with E-state index in [1.54, 1.807) is 31.4 Å². The third-order valence-corrected chi connectivity index (χ3v) is 2.81. The molecule has 4 atom stereocenters. The molecule has 6 nitrogen and oxygen atoms in total. The molecule has 1 saturated heterocycles. The lowest BCUT2D eigenvalue weighted by Gasteiger charge is -2.16. The summed E-state index contributed by atoms with van der Waals surface area (Å²) < 4.78 is 15.6. The van der Waals surface area contributed by atoms with Crippen molar-refractivity contribution in [1.82, 2.24) is 0 Å². The molecule has 0 radical (unpaired) electrons. The predicted molar refractivity (Wildman–Crippen MR) is 61.4 cm³/mol. The molecule has 0 bridgehead atoms. The van der Waals surface area contributed by atoms with Crippen LogP contribution in [0.25, 0.3) is 0 Å². The highest BCUT2D eigenvalue weighted by Crippen LogP contribution is 2.25. The van der Waals surface area contributed by atoms with Crippen LogP contribution in [0.15, 0.2) is 24.3 Å². The number of benzene rings is 1. The molecule has 2 rings (SSSR count). The van der Waals surface area contributed by atoms with Gasteiger partial charge in [-0.25, -0.2) is 0 Å². The maximum absolute atomic E-state index is 9.69. The van der Waals surface area contributed by atoms with Gasteiger partial charge in [0, 0.05) is 0 Å². The third kappa shape index (κ3) is 2.56. The Morgan fingerprint density at radius 2 is 1.72 bits per heavy atom. The maximum atomic E-state index is 9.69. The van der Waals surface area contributed by atoms with Crippen LogP contribution in [0.5, 0.6) is 11.5 Å². The fourth-order valence-corrected chi connectivity index (χ4v) is 1.75. The molecule has 0 saturated carbocycles. The van der Waals surface area contributed by atoms with Crippen LogP contribution >= 0.6 is 0 Å². The minimum absolute atomic E-state index is 0.374. The van der Waals surface area contributed by atoms with Crippen molar-refractivity contribution in [2.24, 2.45) is 0 Å². The SMILES string of the molecule is COc1ccc(O[C@@H]2O[C@H](CO)C(O)[C@H]2O)cc1. The maximum Gasteiger partial charge on any atom is 0.229 e. The summed E-state index contributed by atoms with van der Waals surface area (Å²) in [4.78, 5) is 0. The molecule has 1 aliphatic rings. The normalized spacial score (nSPS) is 31.3. The van der Waals surface area contributed by atoms with Crippen LogP contribution in [0.4, 0.5) is 0 Å². The Labute approximate surface area is 104 Å². The van der Waals surface area contributed by atoms with Crippen LogP contribution in [0.1, 0.15) is 0 Å². The number of hydrogen-bond acceptors (Lipinski definition) is 6. The summed E-state index contributed by atoms with van der Waals surface area (Å²) in [5.74, 6) is 1.16. The summed E-state index contributed by atoms with van der Waals surface area (Å²) >= 11 is 0. The highest BCUT2D eigenvalue weighted by atomic mass is 16.7. The first kappa shape index (κ1) is 13.1. The highest BCUT2D eigenvalue weighted by molar-refractivity contribution is 5.31. The first-order chi connectivity index (χ1) is 8.65. The van der Waals surface area contributed by atoms with Gasteiger partial charge in [-0.1, -0.05) is 0 Å². The smallest absolute Gasteiger partial charge is 0.229 e. The largest absolute Gasteiger partial charge is 0.497 e. The molecular formula is C12H16O6. The van der Waals surface area contributed by atoms with Gasteiger partial charge in [0.25, 0.3) is 0 Å². The second-order valence-electron chi connectivity index (χ2n) is 4.00. The Hall–Kier alpha value is -1.34. The number of ether oxygens (including phenoxy) is 3. The number of aliphatic hydroxyl groups is 3. The van der Waals surface area contributed by atoms with Gasteiger partial charge in [-0.3, -0.25) is 0 Å². The van der Waals surface area contributed by atoms with Crippen molar-refractivity contribution < 1.29 is 29.5 Å². The van der Waals surface area contributed by atoms with E-state index in [-0.39, 0.29) is 6.61 Å². The van der Waals surface area contributed by atoms with Crippen LogP contribution < -0.4 is 9.47 Å².